The van der Waals surface area contributed by atoms with Crippen LogP contribution in [0.15, 0.2) is 48.7 Å². The average molecular weight is 518 g/mol. The maximum Gasteiger partial charge on any atom is 0.410 e. The Morgan fingerprint density at radius 3 is 2.50 bits per heavy atom. The highest BCUT2D eigenvalue weighted by atomic mass is 16.5. The van der Waals surface area contributed by atoms with Crippen LogP contribution in [-0.2, 0) is 0 Å². The van der Waals surface area contributed by atoms with Crippen LogP contribution in [0.2, 0.25) is 0 Å². The number of piperidine rings is 1. The lowest BCUT2D eigenvalue weighted by Gasteiger charge is -2.31. The van der Waals surface area contributed by atoms with Gasteiger partial charge in [-0.05, 0) is 62.1 Å². The van der Waals surface area contributed by atoms with Gasteiger partial charge in [-0.15, -0.1) is 5.10 Å². The number of pyridine rings is 1. The summed E-state index contributed by atoms with van der Waals surface area (Å²) in [4.78, 5) is 30.3. The second-order valence-corrected chi connectivity index (χ2v) is 10.2. The molecular weight excluding hydrogens is 486 g/mol. The molecule has 3 aromatic rings. The standard InChI is InChI=1S/C28H31N5O5/c1-28(11-12-28)17-38-25-8-4-20(16-29-25)21-5-3-19(15-23(21)37-2)26(34)33-13-9-18(10-14-33)22-6-7-24(32-31-22)30-27(35)36/h3-8,15-16,18H,9-14,17H2,1-2H3,(H,30,32)(H,35,36). The zero-order valence-electron chi connectivity index (χ0n) is 21.5. The second kappa shape index (κ2) is 10.6. The molecule has 1 aromatic carbocycles. The number of nitrogens with one attached hydrogen (secondary N) is 1. The van der Waals surface area contributed by atoms with Crippen molar-refractivity contribution < 1.29 is 24.2 Å². The van der Waals surface area contributed by atoms with Gasteiger partial charge in [0.1, 0.15) is 5.75 Å². The highest BCUT2D eigenvalue weighted by Crippen LogP contribution is 2.45. The number of hydrogen-bond acceptors (Lipinski definition) is 7. The van der Waals surface area contributed by atoms with Crippen LogP contribution in [0.3, 0.4) is 0 Å². The molecule has 38 heavy (non-hydrogen) atoms. The van der Waals surface area contributed by atoms with E-state index in [0.717, 1.165) is 29.7 Å². The van der Waals surface area contributed by atoms with Crippen molar-refractivity contribution in [3.8, 4) is 22.8 Å². The fourth-order valence-electron chi connectivity index (χ4n) is 4.59. The van der Waals surface area contributed by atoms with Crippen LogP contribution in [0.1, 0.15) is 54.6 Å². The Hall–Kier alpha value is -4.21. The lowest BCUT2D eigenvalue weighted by Crippen LogP contribution is -2.38. The van der Waals surface area contributed by atoms with Crippen molar-refractivity contribution in [3.05, 3.63) is 59.9 Å². The first-order chi connectivity index (χ1) is 18.3. The Morgan fingerprint density at radius 1 is 1.11 bits per heavy atom. The summed E-state index contributed by atoms with van der Waals surface area (Å²) in [5, 5.41) is 19.1. The molecule has 2 fully saturated rings. The zero-order valence-corrected chi connectivity index (χ0v) is 21.5. The van der Waals surface area contributed by atoms with Crippen molar-refractivity contribution in [1.82, 2.24) is 20.1 Å². The highest BCUT2D eigenvalue weighted by Gasteiger charge is 2.38. The lowest BCUT2D eigenvalue weighted by molar-refractivity contribution is 0.0711. The number of anilines is 1. The number of hydrogen-bond donors (Lipinski definition) is 2. The van der Waals surface area contributed by atoms with Gasteiger partial charge in [0, 0.05) is 53.4 Å². The van der Waals surface area contributed by atoms with E-state index in [-0.39, 0.29) is 17.6 Å². The van der Waals surface area contributed by atoms with Crippen molar-refractivity contribution in [1.29, 1.82) is 0 Å². The number of carbonyl (C=O) groups is 2. The molecule has 2 aromatic heterocycles. The van der Waals surface area contributed by atoms with Crippen LogP contribution in [-0.4, -0.2) is 64.0 Å². The minimum Gasteiger partial charge on any atom is -0.496 e. The number of rotatable bonds is 8. The van der Waals surface area contributed by atoms with E-state index in [1.54, 1.807) is 31.5 Å². The Balaban J connectivity index is 1.20. The third-order valence-electron chi connectivity index (χ3n) is 7.29. The number of benzene rings is 1. The van der Waals surface area contributed by atoms with Crippen LogP contribution < -0.4 is 14.8 Å². The minimum atomic E-state index is -1.18. The molecule has 2 aliphatic rings. The van der Waals surface area contributed by atoms with Crippen LogP contribution in [0.5, 0.6) is 11.6 Å². The summed E-state index contributed by atoms with van der Waals surface area (Å²) in [5.41, 5.74) is 3.40. The van der Waals surface area contributed by atoms with E-state index in [4.69, 9.17) is 14.6 Å². The van der Waals surface area contributed by atoms with Crippen molar-refractivity contribution in [2.75, 3.05) is 32.1 Å². The minimum absolute atomic E-state index is 0.0455. The summed E-state index contributed by atoms with van der Waals surface area (Å²) in [5.74, 6) is 1.52. The van der Waals surface area contributed by atoms with Gasteiger partial charge in [0.25, 0.3) is 5.91 Å². The third kappa shape index (κ3) is 5.85. The molecule has 10 heteroatoms. The van der Waals surface area contributed by atoms with Gasteiger partial charge in [0.05, 0.1) is 19.4 Å². The molecule has 1 aliphatic carbocycles. The number of carboxylic acid groups (broad SMARTS) is 1. The summed E-state index contributed by atoms with van der Waals surface area (Å²) in [6.07, 6.45) is 4.48. The first-order valence-corrected chi connectivity index (χ1v) is 12.7. The third-order valence-corrected chi connectivity index (χ3v) is 7.29. The van der Waals surface area contributed by atoms with Gasteiger partial charge in [-0.1, -0.05) is 6.92 Å². The Labute approximate surface area is 221 Å². The van der Waals surface area contributed by atoms with Gasteiger partial charge in [-0.2, -0.15) is 5.10 Å². The average Bonchev–Trinajstić information content (AvgIpc) is 3.69. The maximum absolute atomic E-state index is 13.3. The number of carbonyl (C=O) groups excluding carboxylic acids is 1. The summed E-state index contributed by atoms with van der Waals surface area (Å²) in [7, 11) is 1.60. The van der Waals surface area contributed by atoms with Crippen LogP contribution >= 0.6 is 0 Å². The molecule has 2 N–H and O–H groups in total. The molecule has 0 atom stereocenters. The van der Waals surface area contributed by atoms with E-state index in [1.807, 2.05) is 29.2 Å². The maximum atomic E-state index is 13.3. The molecule has 0 radical (unpaired) electrons. The van der Waals surface area contributed by atoms with Gasteiger partial charge in [-0.25, -0.2) is 9.78 Å². The molecular formula is C28H31N5O5. The smallest absolute Gasteiger partial charge is 0.410 e. The molecule has 1 saturated carbocycles. The number of amides is 2. The van der Waals surface area contributed by atoms with Crippen molar-refractivity contribution in [2.24, 2.45) is 5.41 Å². The molecule has 0 spiro atoms. The molecule has 1 saturated heterocycles. The summed E-state index contributed by atoms with van der Waals surface area (Å²) < 4.78 is 11.5. The zero-order chi connectivity index (χ0) is 26.7. The monoisotopic (exact) mass is 517 g/mol. The molecule has 1 aliphatic heterocycles. The van der Waals surface area contributed by atoms with E-state index < -0.39 is 6.09 Å². The Morgan fingerprint density at radius 2 is 1.89 bits per heavy atom. The van der Waals surface area contributed by atoms with E-state index in [1.165, 1.54) is 12.8 Å². The summed E-state index contributed by atoms with van der Waals surface area (Å²) in [6.45, 7) is 4.08. The number of aromatic nitrogens is 3. The first-order valence-electron chi connectivity index (χ1n) is 12.7. The fourth-order valence-corrected chi connectivity index (χ4v) is 4.59. The van der Waals surface area contributed by atoms with Gasteiger partial charge in [0.15, 0.2) is 5.82 Å². The Kier molecular flexibility index (Phi) is 7.13. The molecule has 5 rings (SSSR count). The first kappa shape index (κ1) is 25.4. The molecule has 10 nitrogen and oxygen atoms in total. The SMILES string of the molecule is COc1cc(C(=O)N2CCC(c3ccc(NC(=O)O)nn3)CC2)ccc1-c1ccc(OCC2(C)CC2)nc1. The molecule has 2 amide bonds. The van der Waals surface area contributed by atoms with Crippen LogP contribution in [0.4, 0.5) is 10.6 Å². The normalized spacial score (nSPS) is 16.5. The molecule has 3 heterocycles. The predicted octanol–water partition coefficient (Wildman–Crippen LogP) is 4.84. The topological polar surface area (TPSA) is 127 Å². The summed E-state index contributed by atoms with van der Waals surface area (Å²) in [6, 6.07) is 12.7. The number of likely N-dealkylation sites (tertiary alicyclic amines) is 1. The molecule has 0 bridgehead atoms. The van der Waals surface area contributed by atoms with Gasteiger partial charge in [-0.3, -0.25) is 10.1 Å². The van der Waals surface area contributed by atoms with Crippen molar-refractivity contribution in [3.63, 3.8) is 0 Å². The molecule has 0 unspecified atom stereocenters. The van der Waals surface area contributed by atoms with E-state index in [2.05, 4.69) is 27.4 Å². The van der Waals surface area contributed by atoms with E-state index in [9.17, 15) is 9.59 Å². The van der Waals surface area contributed by atoms with E-state index >= 15 is 0 Å². The van der Waals surface area contributed by atoms with E-state index in [0.29, 0.717) is 42.3 Å². The number of ether oxygens (including phenoxy) is 2. The highest BCUT2D eigenvalue weighted by molar-refractivity contribution is 5.95. The van der Waals surface area contributed by atoms with Gasteiger partial charge in [0.2, 0.25) is 5.88 Å². The van der Waals surface area contributed by atoms with Crippen LogP contribution in [0.25, 0.3) is 11.1 Å². The number of methoxy groups -OCH3 is 1. The van der Waals surface area contributed by atoms with Gasteiger partial charge < -0.3 is 19.5 Å². The van der Waals surface area contributed by atoms with Crippen molar-refractivity contribution >= 4 is 17.8 Å². The van der Waals surface area contributed by atoms with Gasteiger partial charge >= 0.3 is 6.09 Å². The fraction of sp³-hybridized carbons (Fsp3) is 0.393. The largest absolute Gasteiger partial charge is 0.496 e. The Bertz CT molecular complexity index is 1300. The molecule has 198 valence electrons. The lowest BCUT2D eigenvalue weighted by atomic mass is 9.93. The predicted molar refractivity (Wildman–Crippen MR) is 141 cm³/mol. The summed E-state index contributed by atoms with van der Waals surface area (Å²) >= 11 is 0. The van der Waals surface area contributed by atoms with Crippen LogP contribution in [0, 0.1) is 5.41 Å². The number of nitrogens with zero attached hydrogens (tertiary/aromatic N) is 4. The quantitative estimate of drug-likeness (QED) is 0.435. The second-order valence-electron chi connectivity index (χ2n) is 10.2. The van der Waals surface area contributed by atoms with Crippen molar-refractivity contribution in [2.45, 2.75) is 38.5 Å².